The molecule has 0 unspecified atom stereocenters. The smallest absolute Gasteiger partial charge is 0.336 e. The van der Waals surface area contributed by atoms with Crippen LogP contribution in [0.15, 0.2) is 15.8 Å². The average Bonchev–Trinajstić information content (AvgIpc) is 2.40. The van der Waals surface area contributed by atoms with Crippen molar-refractivity contribution in [2.24, 2.45) is 0 Å². The van der Waals surface area contributed by atoms with Gasteiger partial charge in [0.2, 0.25) is 5.82 Å². The van der Waals surface area contributed by atoms with Crippen LogP contribution in [0.1, 0.15) is 6.42 Å². The minimum Gasteiger partial charge on any atom is -0.336 e. The topological polar surface area (TPSA) is 84.0 Å². The Hall–Kier alpha value is -1.35. The number of hydrogen-bond acceptors (Lipinski definition) is 4. The molecule has 0 bridgehead atoms. The number of aromatic amines is 1. The number of H-pyrrole nitrogens is 1. The summed E-state index contributed by atoms with van der Waals surface area (Å²) in [5.41, 5.74) is -2.08. The number of thioether (sulfide) groups is 1. The van der Waals surface area contributed by atoms with E-state index in [4.69, 9.17) is 0 Å². The van der Waals surface area contributed by atoms with E-state index in [-0.39, 0.29) is 0 Å². The predicted octanol–water partition coefficient (Wildman–Crippen LogP) is 1.69. The molecule has 2 N–H and O–H groups in total. The summed E-state index contributed by atoms with van der Waals surface area (Å²) in [4.78, 5) is 35.7. The average molecular weight is 347 g/mol. The van der Waals surface area contributed by atoms with Gasteiger partial charge in [-0.25, -0.2) is 14.2 Å². The second-order valence-corrected chi connectivity index (χ2v) is 13.0. The molecule has 6 nitrogen and oxygen atoms in total. The summed E-state index contributed by atoms with van der Waals surface area (Å²) < 4.78 is 13.6. The van der Waals surface area contributed by atoms with Crippen molar-refractivity contribution in [3.05, 3.63) is 32.9 Å². The van der Waals surface area contributed by atoms with E-state index in [1.807, 2.05) is 0 Å². The van der Waals surface area contributed by atoms with E-state index >= 15 is 0 Å². The van der Waals surface area contributed by atoms with Crippen LogP contribution in [-0.4, -0.2) is 41.7 Å². The van der Waals surface area contributed by atoms with Crippen LogP contribution in [-0.2, 0) is 0 Å². The van der Waals surface area contributed by atoms with Crippen molar-refractivity contribution >= 4 is 25.9 Å². The van der Waals surface area contributed by atoms with Crippen LogP contribution in [0, 0.1) is 5.82 Å². The fourth-order valence-electron chi connectivity index (χ4n) is 1.72. The van der Waals surface area contributed by atoms with Crippen LogP contribution in [0.4, 0.5) is 9.18 Å². The normalized spacial score (nSPS) is 11.5. The van der Waals surface area contributed by atoms with Crippen molar-refractivity contribution in [2.45, 2.75) is 32.1 Å². The summed E-state index contributed by atoms with van der Waals surface area (Å²) in [7, 11) is -0.990. The van der Waals surface area contributed by atoms with Crippen LogP contribution < -0.4 is 16.6 Å². The maximum absolute atomic E-state index is 13.1. The molecule has 1 amide bonds. The molecule has 1 heterocycles. The number of hydrogen-bond donors (Lipinski definition) is 2. The van der Waals surface area contributed by atoms with Gasteiger partial charge in [-0.15, -0.1) is 0 Å². The Kier molecular flexibility index (Phi) is 7.07. The van der Waals surface area contributed by atoms with Crippen molar-refractivity contribution in [1.82, 2.24) is 14.9 Å². The lowest BCUT2D eigenvalue weighted by Crippen LogP contribution is -2.41. The van der Waals surface area contributed by atoms with Crippen LogP contribution in [0.3, 0.4) is 0 Å². The van der Waals surface area contributed by atoms with Gasteiger partial charge in [-0.2, -0.15) is 16.2 Å². The molecule has 0 atom stereocenters. The zero-order valence-electron chi connectivity index (χ0n) is 13.1. The Balaban J connectivity index is 2.31. The summed E-state index contributed by atoms with van der Waals surface area (Å²) in [5, 5.41) is 2.52. The standard InChI is InChI=1S/C13H22FN3O3SSi/c1-22(2,3)8-4-6-21-7-5-15-12(19)17-9-10(14)11(18)16-13(17)20/h9H,4-8H2,1-3H3,(H,15,19)(H,16,18,20). The van der Waals surface area contributed by atoms with Gasteiger partial charge in [-0.05, 0) is 12.2 Å². The Morgan fingerprint density at radius 3 is 2.68 bits per heavy atom. The van der Waals surface area contributed by atoms with Crippen molar-refractivity contribution < 1.29 is 9.18 Å². The molecule has 1 rings (SSSR count). The Bertz CT molecular complexity index is 624. The van der Waals surface area contributed by atoms with E-state index in [0.29, 0.717) is 17.3 Å². The number of aromatic nitrogens is 2. The molecular formula is C13H22FN3O3SSi. The van der Waals surface area contributed by atoms with Crippen LogP contribution in [0.25, 0.3) is 0 Å². The predicted molar refractivity (Wildman–Crippen MR) is 90.2 cm³/mol. The van der Waals surface area contributed by atoms with Gasteiger partial charge < -0.3 is 5.32 Å². The maximum atomic E-state index is 13.1. The lowest BCUT2D eigenvalue weighted by Gasteiger charge is -2.14. The number of nitrogens with one attached hydrogen (secondary N) is 2. The SMILES string of the molecule is C[Si](C)(C)CCCSCCNC(=O)n1cc(F)c(=O)[nH]c1=O. The highest BCUT2D eigenvalue weighted by molar-refractivity contribution is 7.99. The lowest BCUT2D eigenvalue weighted by atomic mass is 10.6. The molecule has 1 aromatic rings. The Morgan fingerprint density at radius 1 is 1.36 bits per heavy atom. The van der Waals surface area contributed by atoms with Gasteiger partial charge in [0, 0.05) is 20.4 Å². The van der Waals surface area contributed by atoms with Crippen LogP contribution in [0.5, 0.6) is 0 Å². The first-order chi connectivity index (χ1) is 10.2. The van der Waals surface area contributed by atoms with E-state index in [2.05, 4.69) is 25.0 Å². The van der Waals surface area contributed by atoms with Gasteiger partial charge in [-0.3, -0.25) is 9.78 Å². The lowest BCUT2D eigenvalue weighted by molar-refractivity contribution is 0.241. The minimum absolute atomic E-state index is 0.379. The van der Waals surface area contributed by atoms with E-state index in [1.54, 1.807) is 16.7 Å². The first-order valence-corrected chi connectivity index (χ1v) is 11.9. The monoisotopic (exact) mass is 347 g/mol. The highest BCUT2D eigenvalue weighted by atomic mass is 32.2. The molecular weight excluding hydrogens is 325 g/mol. The van der Waals surface area contributed by atoms with Crippen LogP contribution in [0.2, 0.25) is 25.7 Å². The van der Waals surface area contributed by atoms with Crippen molar-refractivity contribution in [2.75, 3.05) is 18.1 Å². The maximum Gasteiger partial charge on any atom is 0.336 e. The van der Waals surface area contributed by atoms with Crippen molar-refractivity contribution in [3.8, 4) is 0 Å². The van der Waals surface area contributed by atoms with Gasteiger partial charge in [-0.1, -0.05) is 25.7 Å². The number of rotatable bonds is 7. The van der Waals surface area contributed by atoms with Gasteiger partial charge in [0.05, 0.1) is 6.20 Å². The summed E-state index contributed by atoms with van der Waals surface area (Å²) in [6, 6.07) is 0.529. The fourth-order valence-corrected chi connectivity index (χ4v) is 4.01. The number of carbonyl (C=O) groups excluding carboxylic acids is 1. The molecule has 0 aliphatic carbocycles. The first-order valence-electron chi connectivity index (χ1n) is 7.08. The number of halogens is 1. The third-order valence-electron chi connectivity index (χ3n) is 2.86. The van der Waals surface area contributed by atoms with E-state index < -0.39 is 31.2 Å². The molecule has 0 aliphatic rings. The highest BCUT2D eigenvalue weighted by Gasteiger charge is 2.12. The molecule has 0 saturated heterocycles. The summed E-state index contributed by atoms with van der Waals surface area (Å²) in [6.45, 7) is 7.38. The Morgan fingerprint density at radius 2 is 2.05 bits per heavy atom. The van der Waals surface area contributed by atoms with E-state index in [1.165, 1.54) is 12.5 Å². The molecule has 0 aromatic carbocycles. The summed E-state index contributed by atoms with van der Waals surface area (Å²) in [6.07, 6.45) is 1.76. The summed E-state index contributed by atoms with van der Waals surface area (Å²) >= 11 is 1.73. The number of carbonyl (C=O) groups is 1. The molecule has 1 aromatic heterocycles. The second-order valence-electron chi connectivity index (χ2n) is 6.11. The molecule has 124 valence electrons. The van der Waals surface area contributed by atoms with Crippen molar-refractivity contribution in [3.63, 3.8) is 0 Å². The van der Waals surface area contributed by atoms with Gasteiger partial charge in [0.1, 0.15) is 0 Å². The van der Waals surface area contributed by atoms with Crippen LogP contribution >= 0.6 is 11.8 Å². The molecule has 0 radical (unpaired) electrons. The molecule has 9 heteroatoms. The zero-order valence-corrected chi connectivity index (χ0v) is 14.9. The largest absolute Gasteiger partial charge is 0.336 e. The van der Waals surface area contributed by atoms with Gasteiger partial charge >= 0.3 is 11.7 Å². The molecule has 0 aliphatic heterocycles. The van der Waals surface area contributed by atoms with E-state index in [9.17, 15) is 18.8 Å². The van der Waals surface area contributed by atoms with Gasteiger partial charge in [0.15, 0.2) is 0 Å². The highest BCUT2D eigenvalue weighted by Crippen LogP contribution is 2.13. The Labute approximate surface area is 133 Å². The zero-order chi connectivity index (χ0) is 16.8. The molecule has 22 heavy (non-hydrogen) atoms. The van der Waals surface area contributed by atoms with Crippen molar-refractivity contribution in [1.29, 1.82) is 0 Å². The summed E-state index contributed by atoms with van der Waals surface area (Å²) in [5.74, 6) is 0.584. The molecule has 0 saturated carbocycles. The van der Waals surface area contributed by atoms with Gasteiger partial charge in [0.25, 0.3) is 5.56 Å². The fraction of sp³-hybridized carbons (Fsp3) is 0.615. The third-order valence-corrected chi connectivity index (χ3v) is 5.78. The number of amides is 1. The minimum atomic E-state index is -1.17. The first kappa shape index (κ1) is 18.7. The third kappa shape index (κ3) is 6.61. The molecule has 0 fully saturated rings. The quantitative estimate of drug-likeness (QED) is 0.581. The van der Waals surface area contributed by atoms with E-state index in [0.717, 1.165) is 11.5 Å². The second kappa shape index (κ2) is 8.32. The molecule has 0 spiro atoms. The number of nitrogens with zero attached hydrogens (tertiary/aromatic N) is 1.